The zero-order chi connectivity index (χ0) is 15.4. The molecule has 1 aliphatic rings. The van der Waals surface area contributed by atoms with Crippen LogP contribution in [0.15, 0.2) is 24.3 Å². The van der Waals surface area contributed by atoms with Crippen molar-refractivity contribution in [3.05, 3.63) is 35.6 Å². The molecule has 0 saturated carbocycles. The Bertz CT molecular complexity index is 576. The van der Waals surface area contributed by atoms with Gasteiger partial charge in [-0.2, -0.15) is 0 Å². The third kappa shape index (κ3) is 4.01. The molecule has 0 radical (unpaired) electrons. The topological polar surface area (TPSA) is 95.5 Å². The van der Waals surface area contributed by atoms with E-state index in [4.69, 9.17) is 5.11 Å². The molecule has 1 heterocycles. The van der Waals surface area contributed by atoms with Gasteiger partial charge in [-0.25, -0.2) is 9.18 Å². The van der Waals surface area contributed by atoms with Crippen molar-refractivity contribution in [1.82, 2.24) is 10.6 Å². The van der Waals surface area contributed by atoms with Gasteiger partial charge in [-0.1, -0.05) is 12.1 Å². The molecule has 0 unspecified atom stereocenters. The number of carboxylic acids is 1. The Balaban J connectivity index is 2.00. The molecule has 1 aromatic carbocycles. The van der Waals surface area contributed by atoms with Crippen LogP contribution in [0.2, 0.25) is 0 Å². The first kappa shape index (κ1) is 15.0. The van der Waals surface area contributed by atoms with E-state index in [0.29, 0.717) is 12.0 Å². The number of amides is 2. The number of carboxylic acid groups (broad SMARTS) is 1. The van der Waals surface area contributed by atoms with Crippen LogP contribution in [0, 0.1) is 5.82 Å². The van der Waals surface area contributed by atoms with Gasteiger partial charge >= 0.3 is 5.97 Å². The van der Waals surface area contributed by atoms with Crippen molar-refractivity contribution >= 4 is 17.8 Å². The van der Waals surface area contributed by atoms with Crippen molar-refractivity contribution in [3.63, 3.8) is 0 Å². The monoisotopic (exact) mass is 294 g/mol. The summed E-state index contributed by atoms with van der Waals surface area (Å²) in [5, 5.41) is 14.0. The lowest BCUT2D eigenvalue weighted by Crippen LogP contribution is -2.49. The number of halogens is 1. The van der Waals surface area contributed by atoms with Gasteiger partial charge in [-0.15, -0.1) is 0 Å². The molecule has 7 heteroatoms. The SMILES string of the molecule is O=C1CC[C@H](C(=O)N[C@@H](Cc2cccc(F)c2)C(=O)O)N1. The van der Waals surface area contributed by atoms with Crippen LogP contribution in [-0.2, 0) is 20.8 Å². The first-order chi connectivity index (χ1) is 9.95. The number of aliphatic carboxylic acids is 1. The summed E-state index contributed by atoms with van der Waals surface area (Å²) in [6.07, 6.45) is 0.566. The predicted molar refractivity (Wildman–Crippen MR) is 70.8 cm³/mol. The summed E-state index contributed by atoms with van der Waals surface area (Å²) in [6.45, 7) is 0. The van der Waals surface area contributed by atoms with E-state index < -0.39 is 29.8 Å². The van der Waals surface area contributed by atoms with Gasteiger partial charge in [0.1, 0.15) is 17.9 Å². The van der Waals surface area contributed by atoms with E-state index in [1.165, 1.54) is 18.2 Å². The number of carbonyl (C=O) groups is 3. The highest BCUT2D eigenvalue weighted by molar-refractivity contribution is 5.92. The molecule has 0 spiro atoms. The highest BCUT2D eigenvalue weighted by Gasteiger charge is 2.30. The Morgan fingerprint density at radius 2 is 2.24 bits per heavy atom. The molecule has 2 atom stereocenters. The standard InChI is InChI=1S/C14H15FN2O4/c15-9-3-1-2-8(6-9)7-11(14(20)21)17-13(19)10-4-5-12(18)16-10/h1-3,6,10-11H,4-5,7H2,(H,16,18)(H,17,19)(H,20,21)/t10-,11+/m1/s1. The fourth-order valence-corrected chi connectivity index (χ4v) is 2.18. The molecule has 21 heavy (non-hydrogen) atoms. The number of hydrogen-bond donors (Lipinski definition) is 3. The fourth-order valence-electron chi connectivity index (χ4n) is 2.18. The molecule has 2 amide bonds. The zero-order valence-electron chi connectivity index (χ0n) is 11.1. The summed E-state index contributed by atoms with van der Waals surface area (Å²) in [4.78, 5) is 34.2. The van der Waals surface area contributed by atoms with E-state index in [1.807, 2.05) is 0 Å². The van der Waals surface area contributed by atoms with E-state index in [0.717, 1.165) is 0 Å². The van der Waals surface area contributed by atoms with E-state index in [9.17, 15) is 18.8 Å². The van der Waals surface area contributed by atoms with Crippen LogP contribution < -0.4 is 10.6 Å². The van der Waals surface area contributed by atoms with Gasteiger partial charge in [0.25, 0.3) is 0 Å². The lowest BCUT2D eigenvalue weighted by molar-refractivity contribution is -0.142. The molecule has 1 aliphatic heterocycles. The highest BCUT2D eigenvalue weighted by Crippen LogP contribution is 2.09. The van der Waals surface area contributed by atoms with E-state index in [1.54, 1.807) is 6.07 Å². The van der Waals surface area contributed by atoms with E-state index in [-0.39, 0.29) is 18.7 Å². The summed E-state index contributed by atoms with van der Waals surface area (Å²) in [5.41, 5.74) is 0.471. The van der Waals surface area contributed by atoms with Crippen molar-refractivity contribution in [2.75, 3.05) is 0 Å². The number of carbonyl (C=O) groups excluding carboxylic acids is 2. The summed E-state index contributed by atoms with van der Waals surface area (Å²) >= 11 is 0. The maximum absolute atomic E-state index is 13.1. The predicted octanol–water partition coefficient (Wildman–Crippen LogP) is 0.216. The minimum atomic E-state index is -1.21. The molecule has 1 aromatic rings. The van der Waals surface area contributed by atoms with E-state index >= 15 is 0 Å². The molecule has 0 bridgehead atoms. The maximum atomic E-state index is 13.1. The second-order valence-electron chi connectivity index (χ2n) is 4.89. The smallest absolute Gasteiger partial charge is 0.326 e. The normalized spacial score (nSPS) is 18.9. The maximum Gasteiger partial charge on any atom is 0.326 e. The second-order valence-corrected chi connectivity index (χ2v) is 4.89. The summed E-state index contributed by atoms with van der Waals surface area (Å²) in [7, 11) is 0. The minimum absolute atomic E-state index is 0.0283. The van der Waals surface area contributed by atoms with Crippen molar-refractivity contribution in [1.29, 1.82) is 0 Å². The van der Waals surface area contributed by atoms with E-state index in [2.05, 4.69) is 10.6 Å². The Morgan fingerprint density at radius 3 is 2.81 bits per heavy atom. The molecule has 1 saturated heterocycles. The molecular weight excluding hydrogens is 279 g/mol. The van der Waals surface area contributed by atoms with Crippen LogP contribution in [0.3, 0.4) is 0 Å². The number of nitrogens with one attached hydrogen (secondary N) is 2. The average molecular weight is 294 g/mol. The largest absolute Gasteiger partial charge is 0.480 e. The first-order valence-electron chi connectivity index (χ1n) is 6.52. The lowest BCUT2D eigenvalue weighted by atomic mass is 10.1. The summed E-state index contributed by atoms with van der Waals surface area (Å²) in [6, 6.07) is 3.67. The zero-order valence-corrected chi connectivity index (χ0v) is 11.1. The van der Waals surface area contributed by atoms with Gasteiger partial charge in [0.05, 0.1) is 0 Å². The molecule has 112 valence electrons. The van der Waals surface area contributed by atoms with Crippen LogP contribution in [0.4, 0.5) is 4.39 Å². The minimum Gasteiger partial charge on any atom is -0.480 e. The van der Waals surface area contributed by atoms with Crippen molar-refractivity contribution in [2.24, 2.45) is 0 Å². The van der Waals surface area contributed by atoms with Gasteiger partial charge in [0.2, 0.25) is 11.8 Å². The lowest BCUT2D eigenvalue weighted by Gasteiger charge is -2.17. The Morgan fingerprint density at radius 1 is 1.48 bits per heavy atom. The molecule has 0 aliphatic carbocycles. The molecule has 6 nitrogen and oxygen atoms in total. The molecule has 3 N–H and O–H groups in total. The molecule has 1 fully saturated rings. The summed E-state index contributed by atoms with van der Waals surface area (Å²) in [5.74, 6) is -2.44. The first-order valence-corrected chi connectivity index (χ1v) is 6.52. The average Bonchev–Trinajstić information content (AvgIpc) is 2.84. The second kappa shape index (κ2) is 6.34. The van der Waals surface area contributed by atoms with Gasteiger partial charge in [-0.3, -0.25) is 9.59 Å². The number of benzene rings is 1. The quantitative estimate of drug-likeness (QED) is 0.723. The third-order valence-corrected chi connectivity index (χ3v) is 3.26. The Kier molecular flexibility index (Phi) is 4.52. The van der Waals surface area contributed by atoms with Gasteiger partial charge in [0, 0.05) is 12.8 Å². The molecular formula is C14H15FN2O4. The van der Waals surface area contributed by atoms with Gasteiger partial charge in [-0.05, 0) is 24.1 Å². The van der Waals surface area contributed by atoms with Crippen LogP contribution in [0.25, 0.3) is 0 Å². The van der Waals surface area contributed by atoms with Crippen molar-refractivity contribution in [3.8, 4) is 0 Å². The number of rotatable bonds is 5. The molecule has 0 aromatic heterocycles. The van der Waals surface area contributed by atoms with Crippen LogP contribution in [-0.4, -0.2) is 35.0 Å². The van der Waals surface area contributed by atoms with Gasteiger partial charge in [0.15, 0.2) is 0 Å². The Labute approximate surface area is 120 Å². The van der Waals surface area contributed by atoms with Crippen LogP contribution >= 0.6 is 0 Å². The van der Waals surface area contributed by atoms with Crippen molar-refractivity contribution < 1.29 is 23.9 Å². The Hall–Kier alpha value is -2.44. The fraction of sp³-hybridized carbons (Fsp3) is 0.357. The highest BCUT2D eigenvalue weighted by atomic mass is 19.1. The van der Waals surface area contributed by atoms with Gasteiger partial charge < -0.3 is 15.7 Å². The third-order valence-electron chi connectivity index (χ3n) is 3.26. The van der Waals surface area contributed by atoms with Crippen LogP contribution in [0.5, 0.6) is 0 Å². The molecule has 2 rings (SSSR count). The summed E-state index contributed by atoms with van der Waals surface area (Å²) < 4.78 is 13.1. The number of hydrogen-bond acceptors (Lipinski definition) is 3. The van der Waals surface area contributed by atoms with Crippen molar-refractivity contribution in [2.45, 2.75) is 31.3 Å². The van der Waals surface area contributed by atoms with Crippen LogP contribution in [0.1, 0.15) is 18.4 Å².